The molecule has 9 nitrogen and oxygen atoms in total. The normalized spacial score (nSPS) is 28.1. The number of rotatable bonds is 9. The number of hydrogen-bond acceptors (Lipinski definition) is 9. The van der Waals surface area contributed by atoms with E-state index in [1.807, 2.05) is 6.92 Å². The van der Waals surface area contributed by atoms with Crippen molar-refractivity contribution < 1.29 is 28.1 Å². The maximum Gasteiger partial charge on any atom is 0.191 e. The molecule has 0 bridgehead atoms. The minimum absolute atomic E-state index is 0.0283. The first-order valence-electron chi connectivity index (χ1n) is 11.4. The third-order valence-corrected chi connectivity index (χ3v) is 7.33. The molecule has 5 rings (SSSR count). The van der Waals surface area contributed by atoms with Crippen LogP contribution in [0.15, 0.2) is 23.4 Å². The van der Waals surface area contributed by atoms with Gasteiger partial charge in [-0.25, -0.2) is 27.8 Å². The van der Waals surface area contributed by atoms with Crippen LogP contribution in [-0.2, 0) is 4.74 Å². The number of nitrogens with zero attached hydrogens (tertiary/aromatic N) is 5. The van der Waals surface area contributed by atoms with Gasteiger partial charge in [0.1, 0.15) is 18.2 Å². The Kier molecular flexibility index (Phi) is 6.84. The summed E-state index contributed by atoms with van der Waals surface area (Å²) in [4.78, 5) is 9.13. The highest BCUT2D eigenvalue weighted by molar-refractivity contribution is 7.99. The molecule has 1 aromatic carbocycles. The van der Waals surface area contributed by atoms with Crippen LogP contribution in [0, 0.1) is 11.6 Å². The molecule has 1 saturated heterocycles. The second kappa shape index (κ2) is 9.88. The molecule has 1 aliphatic carbocycles. The van der Waals surface area contributed by atoms with Crippen molar-refractivity contribution in [2.24, 2.45) is 0 Å². The number of alkyl halides is 1. The van der Waals surface area contributed by atoms with Gasteiger partial charge >= 0.3 is 0 Å². The van der Waals surface area contributed by atoms with Crippen LogP contribution >= 0.6 is 11.8 Å². The molecule has 0 spiro atoms. The first-order chi connectivity index (χ1) is 16.9. The summed E-state index contributed by atoms with van der Waals surface area (Å²) in [5.41, 5.74) is 1.28. The SMILES string of the molecule is CCCSc1nc(N[C@@H]2C[C@H]2c2ccc(F)c(F)c2)c2nnn([C@@H]3[C@@H](F)[C@H](CO)O[C@H]3CO)c2n1. The fraction of sp³-hybridized carbons (Fsp3) is 0.545. The van der Waals surface area contributed by atoms with E-state index in [4.69, 9.17) is 4.74 Å². The van der Waals surface area contributed by atoms with Gasteiger partial charge in [0.05, 0.1) is 13.2 Å². The van der Waals surface area contributed by atoms with E-state index < -0.39 is 49.3 Å². The van der Waals surface area contributed by atoms with Crippen LogP contribution in [0.5, 0.6) is 0 Å². The number of thioether (sulfide) groups is 1. The van der Waals surface area contributed by atoms with Gasteiger partial charge in [0.15, 0.2) is 39.9 Å². The van der Waals surface area contributed by atoms with Crippen molar-refractivity contribution in [2.75, 3.05) is 24.3 Å². The zero-order chi connectivity index (χ0) is 24.7. The lowest BCUT2D eigenvalue weighted by Crippen LogP contribution is -2.30. The number of aliphatic hydroxyl groups excluding tert-OH is 2. The molecule has 13 heteroatoms. The van der Waals surface area contributed by atoms with E-state index >= 15 is 4.39 Å². The van der Waals surface area contributed by atoms with Crippen LogP contribution in [0.2, 0.25) is 0 Å². The lowest BCUT2D eigenvalue weighted by molar-refractivity contribution is -0.0273. The van der Waals surface area contributed by atoms with E-state index in [9.17, 15) is 19.0 Å². The van der Waals surface area contributed by atoms with Crippen molar-refractivity contribution in [3.8, 4) is 0 Å². The maximum atomic E-state index is 15.1. The smallest absolute Gasteiger partial charge is 0.191 e. The first kappa shape index (κ1) is 24.2. The molecule has 2 aromatic heterocycles. The van der Waals surface area contributed by atoms with Crippen LogP contribution in [0.3, 0.4) is 0 Å². The van der Waals surface area contributed by atoms with Crippen molar-refractivity contribution in [1.29, 1.82) is 0 Å². The van der Waals surface area contributed by atoms with Crippen molar-refractivity contribution in [3.63, 3.8) is 0 Å². The van der Waals surface area contributed by atoms with Crippen LogP contribution in [0.1, 0.15) is 37.3 Å². The molecule has 0 amide bonds. The van der Waals surface area contributed by atoms with Gasteiger partial charge < -0.3 is 20.3 Å². The Bertz CT molecular complexity index is 1210. The Hall–Kier alpha value is -2.48. The van der Waals surface area contributed by atoms with E-state index in [1.165, 1.54) is 22.5 Å². The number of anilines is 1. The van der Waals surface area contributed by atoms with E-state index in [1.54, 1.807) is 6.07 Å². The highest BCUT2D eigenvalue weighted by Gasteiger charge is 2.47. The predicted molar refractivity (Wildman–Crippen MR) is 122 cm³/mol. The summed E-state index contributed by atoms with van der Waals surface area (Å²) in [6, 6.07) is 2.77. The fourth-order valence-electron chi connectivity index (χ4n) is 4.40. The molecule has 0 radical (unpaired) electrons. The second-order valence-corrected chi connectivity index (χ2v) is 9.75. The molecule has 2 aliphatic rings. The zero-order valence-electron chi connectivity index (χ0n) is 18.8. The Balaban J connectivity index is 1.47. The third-order valence-electron chi connectivity index (χ3n) is 6.28. The molecular formula is C22H25F3N6O3S. The summed E-state index contributed by atoms with van der Waals surface area (Å²) in [5.74, 6) is -0.643. The number of ether oxygens (including phenoxy) is 1. The molecule has 1 aliphatic heterocycles. The third kappa shape index (κ3) is 4.57. The van der Waals surface area contributed by atoms with Gasteiger partial charge in [-0.3, -0.25) is 0 Å². The van der Waals surface area contributed by atoms with E-state index in [-0.39, 0.29) is 17.6 Å². The lowest BCUT2D eigenvalue weighted by Gasteiger charge is -2.18. The molecule has 2 fully saturated rings. The summed E-state index contributed by atoms with van der Waals surface area (Å²) < 4.78 is 48.8. The molecule has 3 N–H and O–H groups in total. The van der Waals surface area contributed by atoms with Gasteiger partial charge in [-0.05, 0) is 30.5 Å². The molecule has 0 unspecified atom stereocenters. The van der Waals surface area contributed by atoms with Crippen molar-refractivity contribution in [3.05, 3.63) is 35.4 Å². The average molecular weight is 511 g/mol. The monoisotopic (exact) mass is 510 g/mol. The van der Waals surface area contributed by atoms with Crippen molar-refractivity contribution in [1.82, 2.24) is 25.0 Å². The van der Waals surface area contributed by atoms with Crippen LogP contribution in [0.25, 0.3) is 11.2 Å². The standard InChI is InChI=1S/C22H25F3N6O3S/c1-2-5-35-22-27-20(26-14-7-11(14)10-3-4-12(23)13(24)6-10)18-21(28-22)31(30-29-18)19-16(9-33)34-15(8-32)17(19)25/h3-4,6,11,14-17,19,32-33H,2,5,7-9H2,1H3,(H,26,27,28)/t11-,14+,15-,16-,17-,19-/m0/s1. The summed E-state index contributed by atoms with van der Waals surface area (Å²) in [6.45, 7) is 1.03. The van der Waals surface area contributed by atoms with Crippen LogP contribution in [0.4, 0.5) is 19.0 Å². The highest BCUT2D eigenvalue weighted by atomic mass is 32.2. The Morgan fingerprint density at radius 3 is 2.69 bits per heavy atom. The predicted octanol–water partition coefficient (Wildman–Crippen LogP) is 2.60. The lowest BCUT2D eigenvalue weighted by atomic mass is 10.1. The molecule has 3 heterocycles. The van der Waals surface area contributed by atoms with Crippen LogP contribution < -0.4 is 5.32 Å². The zero-order valence-corrected chi connectivity index (χ0v) is 19.6. The Morgan fingerprint density at radius 1 is 1.17 bits per heavy atom. The number of fused-ring (bicyclic) bond motifs is 1. The van der Waals surface area contributed by atoms with E-state index in [2.05, 4.69) is 25.6 Å². The van der Waals surface area contributed by atoms with E-state index in [0.29, 0.717) is 28.5 Å². The molecule has 3 aromatic rings. The van der Waals surface area contributed by atoms with Gasteiger partial charge in [0.25, 0.3) is 0 Å². The second-order valence-electron chi connectivity index (χ2n) is 8.69. The highest BCUT2D eigenvalue weighted by Crippen LogP contribution is 2.44. The maximum absolute atomic E-state index is 15.1. The first-order valence-corrected chi connectivity index (χ1v) is 12.4. The topological polar surface area (TPSA) is 118 Å². The average Bonchev–Trinajstić information content (AvgIpc) is 3.37. The minimum atomic E-state index is -1.62. The molecule has 188 valence electrons. The van der Waals surface area contributed by atoms with Gasteiger partial charge in [0.2, 0.25) is 0 Å². The number of benzene rings is 1. The molecule has 35 heavy (non-hydrogen) atoms. The van der Waals surface area contributed by atoms with Gasteiger partial charge in [-0.15, -0.1) is 5.10 Å². The summed E-state index contributed by atoms with van der Waals surface area (Å²) in [6.07, 6.45) is -2.06. The fourth-order valence-corrected chi connectivity index (χ4v) is 5.10. The number of hydrogen-bond donors (Lipinski definition) is 3. The quantitative estimate of drug-likeness (QED) is 0.295. The Labute approximate surface area is 203 Å². The van der Waals surface area contributed by atoms with Crippen molar-refractivity contribution >= 4 is 28.7 Å². The number of halogens is 3. The minimum Gasteiger partial charge on any atom is -0.394 e. The summed E-state index contributed by atoms with van der Waals surface area (Å²) in [7, 11) is 0. The number of aromatic nitrogens is 5. The number of aliphatic hydroxyl groups is 2. The van der Waals surface area contributed by atoms with Gasteiger partial charge in [0, 0.05) is 17.7 Å². The largest absolute Gasteiger partial charge is 0.394 e. The summed E-state index contributed by atoms with van der Waals surface area (Å²) in [5, 5.41) is 31.2. The number of nitrogens with one attached hydrogen (secondary N) is 1. The summed E-state index contributed by atoms with van der Waals surface area (Å²) >= 11 is 1.43. The molecule has 1 saturated carbocycles. The van der Waals surface area contributed by atoms with Crippen molar-refractivity contribution in [2.45, 2.75) is 61.3 Å². The van der Waals surface area contributed by atoms with Gasteiger partial charge in [-0.1, -0.05) is 30.0 Å². The molecular weight excluding hydrogens is 485 g/mol. The molecule has 6 atom stereocenters. The van der Waals surface area contributed by atoms with E-state index in [0.717, 1.165) is 18.2 Å². The van der Waals surface area contributed by atoms with Gasteiger partial charge in [-0.2, -0.15) is 0 Å². The van der Waals surface area contributed by atoms with Crippen LogP contribution in [-0.4, -0.2) is 78.6 Å². The Morgan fingerprint density at radius 2 is 1.97 bits per heavy atom.